The molecular formula is C10H19Cl. The molecule has 0 nitrogen and oxygen atoms in total. The molecule has 0 amide bonds. The van der Waals surface area contributed by atoms with E-state index >= 15 is 0 Å². The summed E-state index contributed by atoms with van der Waals surface area (Å²) in [6.07, 6.45) is 10.6. The predicted octanol–water partition coefficient (Wildman–Crippen LogP) is 4.14. The highest BCUT2D eigenvalue weighted by molar-refractivity contribution is 6.20. The Morgan fingerprint density at radius 2 is 2.00 bits per heavy atom. The summed E-state index contributed by atoms with van der Waals surface area (Å²) in [5.74, 6) is 0. The number of allylic oxidation sites excluding steroid dienone is 2. The zero-order valence-corrected chi connectivity index (χ0v) is 8.40. The van der Waals surface area contributed by atoms with Crippen molar-refractivity contribution in [3.63, 3.8) is 0 Å². The molecule has 1 atom stereocenters. The Labute approximate surface area is 75.6 Å². The first-order chi connectivity index (χ1) is 5.27. The molecule has 0 spiro atoms. The molecule has 0 aromatic carbocycles. The Hall–Kier alpha value is 0.0300. The Morgan fingerprint density at radius 1 is 1.27 bits per heavy atom. The van der Waals surface area contributed by atoms with Gasteiger partial charge in [-0.2, -0.15) is 0 Å². The third-order valence-corrected chi connectivity index (χ3v) is 1.93. The molecular weight excluding hydrogens is 156 g/mol. The lowest BCUT2D eigenvalue weighted by atomic mass is 10.1. The molecule has 0 rings (SSSR count). The first-order valence-electron chi connectivity index (χ1n) is 4.52. The van der Waals surface area contributed by atoms with Crippen molar-refractivity contribution in [2.24, 2.45) is 0 Å². The zero-order chi connectivity index (χ0) is 8.53. The number of unbranched alkanes of at least 4 members (excludes halogenated alkanes) is 3. The van der Waals surface area contributed by atoms with Crippen LogP contribution in [0.2, 0.25) is 0 Å². The van der Waals surface area contributed by atoms with Crippen LogP contribution in [0, 0.1) is 0 Å². The normalized spacial score (nSPS) is 14.1. The molecule has 0 radical (unpaired) electrons. The van der Waals surface area contributed by atoms with E-state index < -0.39 is 0 Å². The van der Waals surface area contributed by atoms with Crippen molar-refractivity contribution in [3.05, 3.63) is 12.2 Å². The zero-order valence-electron chi connectivity index (χ0n) is 7.65. The summed E-state index contributed by atoms with van der Waals surface area (Å²) >= 11 is 5.80. The minimum Gasteiger partial charge on any atom is -0.123 e. The summed E-state index contributed by atoms with van der Waals surface area (Å²) in [6.45, 7) is 4.13. The van der Waals surface area contributed by atoms with Crippen molar-refractivity contribution in [1.29, 1.82) is 0 Å². The van der Waals surface area contributed by atoms with Crippen LogP contribution in [0.15, 0.2) is 12.2 Å². The lowest BCUT2D eigenvalue weighted by Crippen LogP contribution is -1.89. The molecule has 0 saturated heterocycles. The van der Waals surface area contributed by atoms with Gasteiger partial charge in [0.2, 0.25) is 0 Å². The van der Waals surface area contributed by atoms with Gasteiger partial charge >= 0.3 is 0 Å². The Balaban J connectivity index is 2.91. The number of alkyl halides is 1. The molecule has 0 aliphatic carbocycles. The van der Waals surface area contributed by atoms with Gasteiger partial charge in [-0.25, -0.2) is 0 Å². The van der Waals surface area contributed by atoms with E-state index in [0.29, 0.717) is 5.38 Å². The van der Waals surface area contributed by atoms with Crippen molar-refractivity contribution in [2.45, 2.75) is 51.3 Å². The molecule has 66 valence electrons. The van der Waals surface area contributed by atoms with Crippen LogP contribution < -0.4 is 0 Å². The van der Waals surface area contributed by atoms with E-state index in [-0.39, 0.29) is 0 Å². The molecule has 0 aromatic heterocycles. The maximum Gasteiger partial charge on any atom is 0.0307 e. The monoisotopic (exact) mass is 174 g/mol. The van der Waals surface area contributed by atoms with Crippen LogP contribution >= 0.6 is 11.6 Å². The predicted molar refractivity (Wildman–Crippen MR) is 53.2 cm³/mol. The summed E-state index contributed by atoms with van der Waals surface area (Å²) in [5.41, 5.74) is 0. The maximum absolute atomic E-state index is 5.80. The molecule has 1 unspecified atom stereocenters. The van der Waals surface area contributed by atoms with Gasteiger partial charge in [-0.3, -0.25) is 0 Å². The van der Waals surface area contributed by atoms with Crippen molar-refractivity contribution in [2.75, 3.05) is 0 Å². The first kappa shape index (κ1) is 11.0. The van der Waals surface area contributed by atoms with Crippen molar-refractivity contribution >= 4 is 11.6 Å². The van der Waals surface area contributed by atoms with Gasteiger partial charge in [0, 0.05) is 5.38 Å². The van der Waals surface area contributed by atoms with Crippen LogP contribution in [0.25, 0.3) is 0 Å². The lowest BCUT2D eigenvalue weighted by Gasteiger charge is -2.00. The van der Waals surface area contributed by atoms with Gasteiger partial charge in [0.1, 0.15) is 0 Å². The number of hydrogen-bond donors (Lipinski definition) is 0. The molecule has 1 heteroatoms. The molecule has 0 aliphatic rings. The van der Waals surface area contributed by atoms with Crippen LogP contribution in [0.4, 0.5) is 0 Å². The number of halogens is 1. The summed E-state index contributed by atoms with van der Waals surface area (Å²) < 4.78 is 0. The highest BCUT2D eigenvalue weighted by Crippen LogP contribution is 2.09. The largest absolute Gasteiger partial charge is 0.123 e. The molecule has 0 N–H and O–H groups in total. The van der Waals surface area contributed by atoms with Crippen LogP contribution in [0.1, 0.15) is 46.0 Å². The van der Waals surface area contributed by atoms with E-state index in [1.807, 2.05) is 0 Å². The average Bonchev–Trinajstić information content (AvgIpc) is 1.96. The number of hydrogen-bond acceptors (Lipinski definition) is 0. The molecule has 0 heterocycles. The summed E-state index contributed by atoms with van der Waals surface area (Å²) in [5, 5.41) is 0.358. The fourth-order valence-electron chi connectivity index (χ4n) is 1.03. The highest BCUT2D eigenvalue weighted by atomic mass is 35.5. The highest BCUT2D eigenvalue weighted by Gasteiger charge is 1.94. The number of rotatable bonds is 6. The van der Waals surface area contributed by atoms with E-state index in [1.54, 1.807) is 0 Å². The third-order valence-electron chi connectivity index (χ3n) is 1.71. The Kier molecular flexibility index (Phi) is 8.15. The van der Waals surface area contributed by atoms with Crippen molar-refractivity contribution < 1.29 is 0 Å². The van der Waals surface area contributed by atoms with Crippen LogP contribution in [-0.4, -0.2) is 5.38 Å². The van der Waals surface area contributed by atoms with Gasteiger partial charge in [-0.1, -0.05) is 25.0 Å². The van der Waals surface area contributed by atoms with Gasteiger partial charge < -0.3 is 0 Å². The lowest BCUT2D eigenvalue weighted by molar-refractivity contribution is 0.641. The molecule has 0 aliphatic heterocycles. The molecule has 0 bridgehead atoms. The van der Waals surface area contributed by atoms with Crippen LogP contribution in [-0.2, 0) is 0 Å². The minimum absolute atomic E-state index is 0.358. The van der Waals surface area contributed by atoms with E-state index in [0.717, 1.165) is 6.42 Å². The van der Waals surface area contributed by atoms with E-state index in [4.69, 9.17) is 11.6 Å². The minimum atomic E-state index is 0.358. The van der Waals surface area contributed by atoms with Crippen molar-refractivity contribution in [3.8, 4) is 0 Å². The summed E-state index contributed by atoms with van der Waals surface area (Å²) in [6, 6.07) is 0. The van der Waals surface area contributed by atoms with Gasteiger partial charge in [0.05, 0.1) is 0 Å². The fraction of sp³-hybridized carbons (Fsp3) is 0.800. The Morgan fingerprint density at radius 3 is 2.55 bits per heavy atom. The van der Waals surface area contributed by atoms with Gasteiger partial charge in [0.25, 0.3) is 0 Å². The van der Waals surface area contributed by atoms with E-state index in [1.165, 1.54) is 25.7 Å². The van der Waals surface area contributed by atoms with Gasteiger partial charge in [-0.05, 0) is 33.1 Å². The quantitative estimate of drug-likeness (QED) is 0.323. The molecule has 0 fully saturated rings. The molecule has 0 aromatic rings. The van der Waals surface area contributed by atoms with Gasteiger partial charge in [-0.15, -0.1) is 11.6 Å². The standard InChI is InChI=1S/C10H19Cl/c1-3-4-5-6-7-8-9-10(2)11/h3-4,10H,5-9H2,1-2H3. The van der Waals surface area contributed by atoms with Crippen LogP contribution in [0.3, 0.4) is 0 Å². The summed E-state index contributed by atoms with van der Waals surface area (Å²) in [7, 11) is 0. The van der Waals surface area contributed by atoms with E-state index in [9.17, 15) is 0 Å². The third kappa shape index (κ3) is 10.0. The van der Waals surface area contributed by atoms with Crippen LogP contribution in [0.5, 0.6) is 0 Å². The van der Waals surface area contributed by atoms with E-state index in [2.05, 4.69) is 26.0 Å². The second kappa shape index (κ2) is 8.13. The summed E-state index contributed by atoms with van der Waals surface area (Å²) in [4.78, 5) is 0. The average molecular weight is 175 g/mol. The first-order valence-corrected chi connectivity index (χ1v) is 4.96. The topological polar surface area (TPSA) is 0 Å². The maximum atomic E-state index is 5.80. The second-order valence-electron chi connectivity index (χ2n) is 2.99. The van der Waals surface area contributed by atoms with Crippen molar-refractivity contribution in [1.82, 2.24) is 0 Å². The smallest absolute Gasteiger partial charge is 0.0307 e. The molecule has 0 saturated carbocycles. The second-order valence-corrected chi connectivity index (χ2v) is 3.73. The molecule has 11 heavy (non-hydrogen) atoms. The Bertz CT molecular complexity index is 95.0. The SMILES string of the molecule is CC=CCCCCCC(C)Cl. The fourth-order valence-corrected chi connectivity index (χ4v) is 1.19. The van der Waals surface area contributed by atoms with Gasteiger partial charge in [0.15, 0.2) is 0 Å².